The van der Waals surface area contributed by atoms with Crippen LogP contribution in [0, 0.1) is 0 Å². The van der Waals surface area contributed by atoms with Gasteiger partial charge in [-0.15, -0.1) is 0 Å². The van der Waals surface area contributed by atoms with Crippen molar-refractivity contribution in [3.05, 3.63) is 23.5 Å². The summed E-state index contributed by atoms with van der Waals surface area (Å²) in [5.41, 5.74) is 2.94. The molecule has 1 N–H and O–H groups in total. The number of aromatic amines is 1. The van der Waals surface area contributed by atoms with Crippen LogP contribution in [-0.4, -0.2) is 22.5 Å². The van der Waals surface area contributed by atoms with E-state index >= 15 is 0 Å². The van der Waals surface area contributed by atoms with Crippen molar-refractivity contribution in [2.45, 2.75) is 45.7 Å². The zero-order chi connectivity index (χ0) is 10.1. The summed E-state index contributed by atoms with van der Waals surface area (Å²) in [7, 11) is 0. The van der Waals surface area contributed by atoms with Gasteiger partial charge in [-0.05, 0) is 38.4 Å². The number of nitrogens with one attached hydrogen (secondary N) is 1. The number of fused-ring (bicyclic) bond motifs is 1. The van der Waals surface area contributed by atoms with Gasteiger partial charge in [0, 0.05) is 30.4 Å². The fraction of sp³-hybridized carbons (Fsp3) is 0.667. The van der Waals surface area contributed by atoms with Crippen molar-refractivity contribution in [3.8, 4) is 0 Å². The monoisotopic (exact) mass is 192 g/mol. The van der Waals surface area contributed by atoms with Crippen LogP contribution in [0.4, 0.5) is 0 Å². The highest BCUT2D eigenvalue weighted by Gasteiger charge is 2.28. The van der Waals surface area contributed by atoms with Crippen molar-refractivity contribution in [2.24, 2.45) is 0 Å². The Bertz CT molecular complexity index is 303. The van der Waals surface area contributed by atoms with Crippen LogP contribution in [0.2, 0.25) is 0 Å². The number of aromatic nitrogens is 1. The van der Waals surface area contributed by atoms with Crippen LogP contribution < -0.4 is 0 Å². The van der Waals surface area contributed by atoms with Gasteiger partial charge in [-0.25, -0.2) is 0 Å². The molecule has 2 heterocycles. The minimum absolute atomic E-state index is 0.583. The van der Waals surface area contributed by atoms with Crippen LogP contribution in [0.3, 0.4) is 0 Å². The van der Waals surface area contributed by atoms with Gasteiger partial charge in [0.15, 0.2) is 0 Å². The van der Waals surface area contributed by atoms with E-state index in [0.717, 1.165) is 0 Å². The van der Waals surface area contributed by atoms with Gasteiger partial charge in [0.2, 0.25) is 0 Å². The Balaban J connectivity index is 2.25. The van der Waals surface area contributed by atoms with E-state index in [9.17, 15) is 0 Å². The third-order valence-electron chi connectivity index (χ3n) is 3.36. The molecule has 1 aromatic heterocycles. The van der Waals surface area contributed by atoms with Gasteiger partial charge < -0.3 is 4.98 Å². The molecule has 1 aromatic rings. The molecular formula is C12H20N2. The van der Waals surface area contributed by atoms with E-state index in [2.05, 4.69) is 42.9 Å². The average Bonchev–Trinajstić information content (AvgIpc) is 2.60. The first-order chi connectivity index (χ1) is 6.74. The average molecular weight is 192 g/mol. The Morgan fingerprint density at radius 2 is 2.29 bits per heavy atom. The number of rotatable bonds is 2. The smallest absolute Gasteiger partial charge is 0.0340 e. The van der Waals surface area contributed by atoms with Gasteiger partial charge in [0.1, 0.15) is 0 Å². The minimum atomic E-state index is 0.583. The van der Waals surface area contributed by atoms with Gasteiger partial charge >= 0.3 is 0 Å². The highest BCUT2D eigenvalue weighted by Crippen LogP contribution is 2.31. The molecule has 0 spiro atoms. The molecule has 1 aliphatic heterocycles. The lowest BCUT2D eigenvalue weighted by Crippen LogP contribution is -2.41. The normalized spacial score (nSPS) is 27.6. The number of hydrogen-bond acceptors (Lipinski definition) is 1. The van der Waals surface area contributed by atoms with E-state index in [1.165, 1.54) is 30.6 Å². The molecule has 0 aliphatic carbocycles. The van der Waals surface area contributed by atoms with Crippen LogP contribution in [0.25, 0.3) is 0 Å². The summed E-state index contributed by atoms with van der Waals surface area (Å²) in [5.74, 6) is 0. The minimum Gasteiger partial charge on any atom is -0.365 e. The summed E-state index contributed by atoms with van der Waals surface area (Å²) < 4.78 is 0. The van der Waals surface area contributed by atoms with Crippen LogP contribution in [0.15, 0.2) is 12.3 Å². The second kappa shape index (κ2) is 3.77. The van der Waals surface area contributed by atoms with Gasteiger partial charge in [0.25, 0.3) is 0 Å². The molecule has 0 unspecified atom stereocenters. The predicted octanol–water partition coefficient (Wildman–Crippen LogP) is 2.73. The molecule has 0 bridgehead atoms. The molecule has 0 aromatic carbocycles. The quantitative estimate of drug-likeness (QED) is 0.763. The van der Waals surface area contributed by atoms with Crippen molar-refractivity contribution in [2.75, 3.05) is 6.54 Å². The van der Waals surface area contributed by atoms with Crippen LogP contribution in [-0.2, 0) is 6.42 Å². The van der Waals surface area contributed by atoms with Crippen molar-refractivity contribution < 1.29 is 0 Å². The lowest BCUT2D eigenvalue weighted by molar-refractivity contribution is 0.138. The van der Waals surface area contributed by atoms with Crippen LogP contribution in [0.1, 0.15) is 44.5 Å². The van der Waals surface area contributed by atoms with Crippen molar-refractivity contribution in [1.29, 1.82) is 0 Å². The van der Waals surface area contributed by atoms with Gasteiger partial charge in [0.05, 0.1) is 0 Å². The first kappa shape index (κ1) is 9.78. The predicted molar refractivity (Wildman–Crippen MR) is 59.4 cm³/mol. The Hall–Kier alpha value is -0.760. The molecule has 0 amide bonds. The van der Waals surface area contributed by atoms with E-state index in [-0.39, 0.29) is 0 Å². The second-order valence-corrected chi connectivity index (χ2v) is 4.38. The molecule has 78 valence electrons. The van der Waals surface area contributed by atoms with E-state index in [1.54, 1.807) is 0 Å². The lowest BCUT2D eigenvalue weighted by atomic mass is 9.95. The number of nitrogens with zero attached hydrogens (tertiary/aromatic N) is 1. The second-order valence-electron chi connectivity index (χ2n) is 4.38. The highest BCUT2D eigenvalue weighted by molar-refractivity contribution is 5.27. The zero-order valence-electron chi connectivity index (χ0n) is 9.38. The maximum absolute atomic E-state index is 3.35. The van der Waals surface area contributed by atoms with Crippen molar-refractivity contribution in [3.63, 3.8) is 0 Å². The molecule has 0 radical (unpaired) electrons. The van der Waals surface area contributed by atoms with E-state index in [1.807, 2.05) is 0 Å². The van der Waals surface area contributed by atoms with Crippen LogP contribution in [0.5, 0.6) is 0 Å². The molecular weight excluding hydrogens is 172 g/mol. The van der Waals surface area contributed by atoms with E-state index < -0.39 is 0 Å². The summed E-state index contributed by atoms with van der Waals surface area (Å²) >= 11 is 0. The standard InChI is InChI=1S/C12H20N2/c1-4-7-14-9(2)8-12-11(10(14)3)5-6-13-12/h5-6,9-10,13H,4,7-8H2,1-3H3/t9-,10+/m0/s1. The maximum atomic E-state index is 3.35. The Morgan fingerprint density at radius 3 is 3.00 bits per heavy atom. The fourth-order valence-corrected chi connectivity index (χ4v) is 2.63. The fourth-order valence-electron chi connectivity index (χ4n) is 2.63. The highest BCUT2D eigenvalue weighted by atomic mass is 15.2. The molecule has 2 nitrogen and oxygen atoms in total. The summed E-state index contributed by atoms with van der Waals surface area (Å²) in [6.07, 6.45) is 4.49. The summed E-state index contributed by atoms with van der Waals surface area (Å²) in [6.45, 7) is 8.12. The molecule has 2 atom stereocenters. The van der Waals surface area contributed by atoms with Gasteiger partial charge in [-0.2, -0.15) is 0 Å². The van der Waals surface area contributed by atoms with E-state index in [0.29, 0.717) is 12.1 Å². The molecule has 2 rings (SSSR count). The Labute approximate surface area is 86.3 Å². The lowest BCUT2D eigenvalue weighted by Gasteiger charge is -2.38. The van der Waals surface area contributed by atoms with Gasteiger partial charge in [-0.1, -0.05) is 6.92 Å². The van der Waals surface area contributed by atoms with Crippen molar-refractivity contribution in [1.82, 2.24) is 9.88 Å². The first-order valence-corrected chi connectivity index (χ1v) is 5.66. The summed E-state index contributed by atoms with van der Waals surface area (Å²) in [5, 5.41) is 0. The number of hydrogen-bond donors (Lipinski definition) is 1. The molecule has 2 heteroatoms. The third kappa shape index (κ3) is 1.48. The van der Waals surface area contributed by atoms with Crippen LogP contribution >= 0.6 is 0 Å². The number of H-pyrrole nitrogens is 1. The topological polar surface area (TPSA) is 19.0 Å². The Morgan fingerprint density at radius 1 is 1.50 bits per heavy atom. The van der Waals surface area contributed by atoms with Crippen molar-refractivity contribution >= 4 is 0 Å². The summed E-state index contributed by atoms with van der Waals surface area (Å²) in [6, 6.07) is 3.49. The molecule has 14 heavy (non-hydrogen) atoms. The van der Waals surface area contributed by atoms with E-state index in [4.69, 9.17) is 0 Å². The Kier molecular flexibility index (Phi) is 2.64. The SMILES string of the molecule is CCCN1[C@H](C)c2cc[nH]c2C[C@@H]1C. The maximum Gasteiger partial charge on any atom is 0.0340 e. The molecule has 0 saturated heterocycles. The zero-order valence-corrected chi connectivity index (χ0v) is 9.38. The molecule has 1 aliphatic rings. The largest absolute Gasteiger partial charge is 0.365 e. The molecule has 0 saturated carbocycles. The summed E-state index contributed by atoms with van der Waals surface area (Å²) in [4.78, 5) is 5.96. The molecule has 0 fully saturated rings. The third-order valence-corrected chi connectivity index (χ3v) is 3.36. The first-order valence-electron chi connectivity index (χ1n) is 5.66. The van der Waals surface area contributed by atoms with Gasteiger partial charge in [-0.3, -0.25) is 4.90 Å².